The van der Waals surface area contributed by atoms with E-state index in [1.54, 1.807) is 13.8 Å². The van der Waals surface area contributed by atoms with E-state index in [-0.39, 0.29) is 15.5 Å². The van der Waals surface area contributed by atoms with E-state index >= 15 is 0 Å². The first-order chi connectivity index (χ1) is 9.35. The van der Waals surface area contributed by atoms with Gasteiger partial charge in [-0.2, -0.15) is 0 Å². The van der Waals surface area contributed by atoms with Crippen LogP contribution in [0.1, 0.15) is 16.3 Å². The quantitative estimate of drug-likeness (QED) is 0.906. The highest BCUT2D eigenvalue weighted by molar-refractivity contribution is 7.94. The highest BCUT2D eigenvalue weighted by Crippen LogP contribution is 2.28. The van der Waals surface area contributed by atoms with Gasteiger partial charge in [-0.05, 0) is 19.9 Å². The minimum atomic E-state index is -3.92. The van der Waals surface area contributed by atoms with Crippen LogP contribution in [0.2, 0.25) is 0 Å². The van der Waals surface area contributed by atoms with Gasteiger partial charge in [0.2, 0.25) is 0 Å². The largest absolute Gasteiger partial charge is 0.392 e. The summed E-state index contributed by atoms with van der Waals surface area (Å²) in [5.41, 5.74) is 0.301. The minimum Gasteiger partial charge on any atom is -0.392 e. The number of thiazole rings is 1. The maximum atomic E-state index is 13.7. The number of aromatic nitrogens is 1. The number of benzene rings is 1. The van der Waals surface area contributed by atoms with Crippen molar-refractivity contribution in [2.75, 3.05) is 4.72 Å². The Morgan fingerprint density at radius 3 is 2.65 bits per heavy atom. The molecule has 1 aromatic carbocycles. The van der Waals surface area contributed by atoms with Crippen molar-refractivity contribution in [3.8, 4) is 0 Å². The summed E-state index contributed by atoms with van der Waals surface area (Å²) in [6, 6.07) is 3.98. The Morgan fingerprint density at radius 1 is 1.40 bits per heavy atom. The van der Waals surface area contributed by atoms with Crippen molar-refractivity contribution in [3.05, 3.63) is 40.3 Å². The average Bonchev–Trinajstić information content (AvgIpc) is 2.72. The summed E-state index contributed by atoms with van der Waals surface area (Å²) in [7, 11) is -3.92. The lowest BCUT2D eigenvalue weighted by molar-refractivity contribution is 0.282. The molecule has 0 aliphatic carbocycles. The number of nitrogens with zero attached hydrogens (tertiary/aromatic N) is 1. The molecule has 0 fully saturated rings. The van der Waals surface area contributed by atoms with Gasteiger partial charge in [0, 0.05) is 5.56 Å². The molecule has 2 rings (SSSR count). The first-order valence-electron chi connectivity index (χ1n) is 5.70. The van der Waals surface area contributed by atoms with Gasteiger partial charge in [0.1, 0.15) is 5.82 Å². The number of aryl methyl sites for hydroxylation is 2. The first-order valence-corrected chi connectivity index (χ1v) is 8.00. The van der Waals surface area contributed by atoms with Crippen molar-refractivity contribution in [3.63, 3.8) is 0 Å². The number of aliphatic hydroxyl groups excluding tert-OH is 1. The van der Waals surface area contributed by atoms with Crippen molar-refractivity contribution >= 4 is 27.0 Å². The van der Waals surface area contributed by atoms with Crippen molar-refractivity contribution in [1.29, 1.82) is 0 Å². The van der Waals surface area contributed by atoms with Gasteiger partial charge < -0.3 is 5.11 Å². The molecule has 2 aromatic rings. The number of hydrogen-bond donors (Lipinski definition) is 2. The number of para-hydroxylation sites is 1. The van der Waals surface area contributed by atoms with Gasteiger partial charge in [0.15, 0.2) is 4.21 Å². The number of sulfonamides is 1. The van der Waals surface area contributed by atoms with Crippen LogP contribution < -0.4 is 4.72 Å². The monoisotopic (exact) mass is 316 g/mol. The van der Waals surface area contributed by atoms with E-state index in [0.29, 0.717) is 10.7 Å². The van der Waals surface area contributed by atoms with Gasteiger partial charge in [-0.3, -0.25) is 4.72 Å². The van der Waals surface area contributed by atoms with E-state index < -0.39 is 22.4 Å². The third-order valence-electron chi connectivity index (χ3n) is 2.61. The molecule has 0 amide bonds. The first kappa shape index (κ1) is 14.9. The van der Waals surface area contributed by atoms with Gasteiger partial charge in [-0.1, -0.05) is 12.1 Å². The van der Waals surface area contributed by atoms with Gasteiger partial charge >= 0.3 is 0 Å². The van der Waals surface area contributed by atoms with E-state index in [1.165, 1.54) is 12.1 Å². The van der Waals surface area contributed by atoms with Crippen LogP contribution in [0.4, 0.5) is 10.1 Å². The second-order valence-electron chi connectivity index (χ2n) is 4.14. The van der Waals surface area contributed by atoms with Crippen LogP contribution in [0.5, 0.6) is 0 Å². The lowest BCUT2D eigenvalue weighted by Crippen LogP contribution is -2.15. The van der Waals surface area contributed by atoms with E-state index in [9.17, 15) is 12.8 Å². The molecule has 0 spiro atoms. The van der Waals surface area contributed by atoms with Gasteiger partial charge in [-0.15, -0.1) is 11.3 Å². The standard InChI is InChI=1S/C12H13FN2O3S2/c1-7-12(19-8(2)14-7)20(17,18)15-11-9(6-16)4-3-5-10(11)13/h3-5,15-16H,6H2,1-2H3. The fourth-order valence-corrected chi connectivity index (χ4v) is 4.35. The van der Waals surface area contributed by atoms with Gasteiger partial charge in [0.05, 0.1) is 23.0 Å². The second-order valence-corrected chi connectivity index (χ2v) is 7.22. The van der Waals surface area contributed by atoms with Crippen LogP contribution in [0, 0.1) is 19.7 Å². The van der Waals surface area contributed by atoms with Gasteiger partial charge in [0.25, 0.3) is 10.0 Å². The predicted molar refractivity (Wildman–Crippen MR) is 74.7 cm³/mol. The lowest BCUT2D eigenvalue weighted by atomic mass is 10.2. The number of anilines is 1. The molecule has 0 atom stereocenters. The van der Waals surface area contributed by atoms with Crippen molar-refractivity contribution < 1.29 is 17.9 Å². The molecule has 0 saturated carbocycles. The average molecular weight is 316 g/mol. The molecule has 20 heavy (non-hydrogen) atoms. The van der Waals surface area contributed by atoms with Crippen LogP contribution in [0.15, 0.2) is 22.4 Å². The number of nitrogens with one attached hydrogen (secondary N) is 1. The number of hydrogen-bond acceptors (Lipinski definition) is 5. The third-order valence-corrected chi connectivity index (χ3v) is 5.64. The fraction of sp³-hybridized carbons (Fsp3) is 0.250. The highest BCUT2D eigenvalue weighted by atomic mass is 32.2. The van der Waals surface area contributed by atoms with E-state index in [1.807, 2.05) is 0 Å². The van der Waals surface area contributed by atoms with E-state index in [2.05, 4.69) is 9.71 Å². The van der Waals surface area contributed by atoms with Gasteiger partial charge in [-0.25, -0.2) is 17.8 Å². The SMILES string of the molecule is Cc1nc(C)c(S(=O)(=O)Nc2c(F)cccc2CO)s1. The molecule has 0 bridgehead atoms. The highest BCUT2D eigenvalue weighted by Gasteiger charge is 2.23. The topological polar surface area (TPSA) is 79.3 Å². The molecular formula is C12H13FN2O3S2. The maximum absolute atomic E-state index is 13.7. The Hall–Kier alpha value is -1.51. The Balaban J connectivity index is 2.46. The van der Waals surface area contributed by atoms with Crippen LogP contribution in [0.3, 0.4) is 0 Å². The van der Waals surface area contributed by atoms with Crippen LogP contribution in [-0.2, 0) is 16.6 Å². The molecule has 8 heteroatoms. The van der Waals surface area contributed by atoms with E-state index in [4.69, 9.17) is 5.11 Å². The number of rotatable bonds is 4. The summed E-state index contributed by atoms with van der Waals surface area (Å²) in [4.78, 5) is 4.04. The lowest BCUT2D eigenvalue weighted by Gasteiger charge is -2.11. The molecule has 0 unspecified atom stereocenters. The zero-order valence-corrected chi connectivity index (χ0v) is 12.5. The summed E-state index contributed by atoms with van der Waals surface area (Å²) in [5, 5.41) is 9.77. The third kappa shape index (κ3) is 2.82. The molecule has 1 heterocycles. The van der Waals surface area contributed by atoms with Crippen molar-refractivity contribution in [2.45, 2.75) is 24.7 Å². The fourth-order valence-electron chi connectivity index (χ4n) is 1.76. The molecular weight excluding hydrogens is 303 g/mol. The summed E-state index contributed by atoms with van der Waals surface area (Å²) < 4.78 is 40.5. The summed E-state index contributed by atoms with van der Waals surface area (Å²) in [5.74, 6) is -0.737. The number of halogens is 1. The Bertz CT molecular complexity index is 741. The summed E-state index contributed by atoms with van der Waals surface area (Å²) in [6.07, 6.45) is 0. The van der Waals surface area contributed by atoms with Crippen LogP contribution >= 0.6 is 11.3 Å². The molecule has 2 N–H and O–H groups in total. The predicted octanol–water partition coefficient (Wildman–Crippen LogP) is 2.19. The Morgan fingerprint density at radius 2 is 2.10 bits per heavy atom. The molecule has 0 radical (unpaired) electrons. The summed E-state index contributed by atoms with van der Waals surface area (Å²) in [6.45, 7) is 2.81. The molecule has 0 aliphatic heterocycles. The molecule has 0 saturated heterocycles. The minimum absolute atomic E-state index is 0.0437. The van der Waals surface area contributed by atoms with Crippen molar-refractivity contribution in [1.82, 2.24) is 4.98 Å². The van der Waals surface area contributed by atoms with E-state index in [0.717, 1.165) is 17.4 Å². The molecule has 0 aliphatic rings. The normalized spacial score (nSPS) is 11.6. The zero-order valence-electron chi connectivity index (χ0n) is 10.8. The smallest absolute Gasteiger partial charge is 0.273 e. The Labute approximate surface area is 120 Å². The molecule has 1 aromatic heterocycles. The molecule has 108 valence electrons. The summed E-state index contributed by atoms with van der Waals surface area (Å²) >= 11 is 1.01. The van der Waals surface area contributed by atoms with Crippen molar-refractivity contribution in [2.24, 2.45) is 0 Å². The maximum Gasteiger partial charge on any atom is 0.273 e. The zero-order chi connectivity index (χ0) is 14.9. The number of aliphatic hydroxyl groups is 1. The Kier molecular flexibility index (Phi) is 4.07. The van der Waals surface area contributed by atoms with Crippen LogP contribution in [-0.4, -0.2) is 18.5 Å². The second kappa shape index (κ2) is 5.47. The van der Waals surface area contributed by atoms with Crippen LogP contribution in [0.25, 0.3) is 0 Å². The molecule has 5 nitrogen and oxygen atoms in total.